The number of carbonyl (C=O) groups is 4. The Bertz CT molecular complexity index is 3620. The number of aryl methyl sites for hydroxylation is 1. The number of hydrogen-bond acceptors (Lipinski definition) is 12. The molecule has 12 aliphatic carbocycles. The van der Waals surface area contributed by atoms with E-state index in [1.165, 1.54) is 16.7 Å². The van der Waals surface area contributed by atoms with E-state index in [1.807, 2.05) is 19.9 Å². The maximum atomic E-state index is 12.6. The van der Waals surface area contributed by atoms with Crippen molar-refractivity contribution >= 4 is 23.1 Å². The summed E-state index contributed by atoms with van der Waals surface area (Å²) in [5, 5.41) is 79.4. The van der Waals surface area contributed by atoms with Gasteiger partial charge in [0.25, 0.3) is 0 Å². The van der Waals surface area contributed by atoms with E-state index in [-0.39, 0.29) is 124 Å². The van der Waals surface area contributed by atoms with E-state index in [0.29, 0.717) is 114 Å². The first-order chi connectivity index (χ1) is 43.2. The summed E-state index contributed by atoms with van der Waals surface area (Å²) in [5.74, 6) is 1.37. The van der Waals surface area contributed by atoms with Gasteiger partial charge in [-0.05, 0) is 269 Å². The molecule has 0 heterocycles. The van der Waals surface area contributed by atoms with Crippen molar-refractivity contribution in [1.29, 1.82) is 0 Å². The molecule has 84 heavy (non-hydrogen) atoms. The molecule has 8 N–H and O–H groups in total. The van der Waals surface area contributed by atoms with Crippen LogP contribution in [0.4, 0.5) is 0 Å². The molecular weight excluding hydrogens is 1060 g/mol. The van der Waals surface area contributed by atoms with Crippen molar-refractivity contribution in [1.82, 2.24) is 0 Å². The van der Waals surface area contributed by atoms with Crippen LogP contribution in [0.15, 0.2) is 48.4 Å². The number of hydrogen-bond donors (Lipinski definition) is 8. The summed E-state index contributed by atoms with van der Waals surface area (Å²) in [6.07, 6.45) is 13.1. The van der Waals surface area contributed by atoms with Gasteiger partial charge in [0, 0.05) is 63.9 Å². The molecule has 8 fully saturated rings. The van der Waals surface area contributed by atoms with Gasteiger partial charge in [-0.2, -0.15) is 0 Å². The monoisotopic (exact) mass is 1150 g/mol. The topological polar surface area (TPSA) is 230 Å². The molecule has 0 radical (unpaired) electrons. The summed E-state index contributed by atoms with van der Waals surface area (Å²) < 4.78 is 64.9. The first-order valence-electron chi connectivity index (χ1n) is 35.5. The average Bonchev–Trinajstić information content (AvgIpc) is 1.46. The van der Waals surface area contributed by atoms with Gasteiger partial charge in [-0.25, -0.2) is 0 Å². The number of benzene rings is 4. The van der Waals surface area contributed by atoms with Crippen LogP contribution < -0.4 is 0 Å². The predicted octanol–water partition coefficient (Wildman–Crippen LogP) is 14.1. The van der Waals surface area contributed by atoms with Crippen molar-refractivity contribution in [3.8, 4) is 46.0 Å². The lowest BCUT2D eigenvalue weighted by Crippen LogP contribution is -2.42. The molecule has 8 saturated carbocycles. The fraction of sp³-hybridized carbons (Fsp3) is 0.611. The number of phenols is 8. The zero-order valence-corrected chi connectivity index (χ0v) is 49.0. The van der Waals surface area contributed by atoms with Crippen molar-refractivity contribution in [2.24, 2.45) is 69.0 Å². The lowest BCUT2D eigenvalue weighted by atomic mass is 9.55. The Morgan fingerprint density at radius 3 is 1.35 bits per heavy atom. The van der Waals surface area contributed by atoms with Gasteiger partial charge in [0.2, 0.25) is 0 Å². The maximum absolute atomic E-state index is 12.6. The highest BCUT2D eigenvalue weighted by molar-refractivity contribution is 5.89. The average molecular weight is 1150 g/mol. The molecule has 4 aromatic carbocycles. The largest absolute Gasteiger partial charge is 0.504 e. The normalized spacial score (nSPS) is 40.3. The second-order valence-electron chi connectivity index (χ2n) is 28.6. The first-order valence-corrected chi connectivity index (χ1v) is 31.5. The minimum absolute atomic E-state index is 0.00904. The molecule has 448 valence electrons. The fourth-order valence-corrected chi connectivity index (χ4v) is 20.4. The first kappa shape index (κ1) is 48.1. The zero-order chi connectivity index (χ0) is 66.2. The number of phenolic OH excluding ortho intramolecular Hbond substituents is 8. The molecule has 0 saturated heterocycles. The van der Waals surface area contributed by atoms with Gasteiger partial charge in [-0.1, -0.05) is 39.8 Å². The Kier molecular flexibility index (Phi) is 11.9. The molecule has 0 spiro atoms. The minimum atomic E-state index is -1.80. The van der Waals surface area contributed by atoms with Gasteiger partial charge in [-0.3, -0.25) is 19.2 Å². The van der Waals surface area contributed by atoms with Crippen LogP contribution in [0, 0.1) is 69.0 Å². The number of aromatic hydroxyl groups is 8. The lowest BCUT2D eigenvalue weighted by Gasteiger charge is -2.48. The summed E-state index contributed by atoms with van der Waals surface area (Å²) in [4.78, 5) is 49.8. The standard InChI is InChI=1S/4C18H22O3/c2*1-18-9-8-11-10-4-6-15(19)17(21)13(10)3-2-12(11)14(18)5-7-16(18)20;2*1-18-7-6-11-12(14(18)4-5-17(18)21)3-2-10-8-15(19)16(20)9-13(10)11/h2*4,6,11-12,14,19,21H,2-3,5,7-9H2,1H3;2*8-9,11-12,14,19-20H,2-7H2,1H3/i4D,6D,7D2;;5D2,8D,9D;. The van der Waals surface area contributed by atoms with Crippen molar-refractivity contribution in [2.45, 2.75) is 205 Å². The SMILES string of the molecule is CC12CCC3c4cc(O)c(O)cc4CCC3C1CCC2=O.CC12CCC3c4ccc(O)c(O)c4CCC3C1CCC2=O.[2H]c1c(O)c(O)c([2H])c2c1CCC1C2CCC2(C)C(=O)C([2H])([2H])CC12.[2H]c1c([2H])c2c(c(O)c1O)CCC1C2CCC2(C)C(=O)C([2H])([2H])CC12. The van der Waals surface area contributed by atoms with Gasteiger partial charge in [0.1, 0.15) is 23.1 Å². The predicted molar refractivity (Wildman–Crippen MR) is 318 cm³/mol. The summed E-state index contributed by atoms with van der Waals surface area (Å²) in [6.45, 7) is 8.10. The third-order valence-electron chi connectivity index (χ3n) is 25.2. The Hall–Kier alpha value is -6.04. The lowest BCUT2D eigenvalue weighted by molar-refractivity contribution is -0.130. The van der Waals surface area contributed by atoms with Crippen LogP contribution in [0.1, 0.15) is 235 Å². The van der Waals surface area contributed by atoms with Crippen molar-refractivity contribution < 1.29 is 71.0 Å². The fourth-order valence-electron chi connectivity index (χ4n) is 20.4. The summed E-state index contributed by atoms with van der Waals surface area (Å²) in [5.41, 5.74) is 5.44. The molecule has 16 rings (SSSR count). The molecule has 16 unspecified atom stereocenters. The molecule has 12 aliphatic rings. The Morgan fingerprint density at radius 2 is 0.798 bits per heavy atom. The van der Waals surface area contributed by atoms with E-state index >= 15 is 0 Å². The van der Waals surface area contributed by atoms with Gasteiger partial charge in [0.15, 0.2) is 46.0 Å². The Morgan fingerprint density at radius 1 is 0.381 bits per heavy atom. The number of carbonyl (C=O) groups excluding carboxylic acids is 4. The van der Waals surface area contributed by atoms with Crippen LogP contribution in [0.25, 0.3) is 0 Å². The number of rotatable bonds is 0. The van der Waals surface area contributed by atoms with E-state index in [4.69, 9.17) is 11.0 Å². The van der Waals surface area contributed by atoms with Crippen LogP contribution in [-0.4, -0.2) is 64.0 Å². The van der Waals surface area contributed by atoms with Crippen LogP contribution in [0.3, 0.4) is 0 Å². The van der Waals surface area contributed by atoms with Gasteiger partial charge >= 0.3 is 0 Å². The second-order valence-corrected chi connectivity index (χ2v) is 28.6. The highest BCUT2D eigenvalue weighted by atomic mass is 16.3. The highest BCUT2D eigenvalue weighted by Gasteiger charge is 2.59. The molecule has 0 aliphatic heterocycles. The molecule has 0 aromatic heterocycles. The summed E-state index contributed by atoms with van der Waals surface area (Å²) >= 11 is 0. The van der Waals surface area contributed by atoms with Crippen LogP contribution in [0.2, 0.25) is 0 Å². The molecular formula is C72H88O12. The molecule has 0 bridgehead atoms. The van der Waals surface area contributed by atoms with E-state index in [0.717, 1.165) is 89.0 Å². The van der Waals surface area contributed by atoms with Crippen molar-refractivity contribution in [2.75, 3.05) is 0 Å². The molecule has 16 atom stereocenters. The summed E-state index contributed by atoms with van der Waals surface area (Å²) in [7, 11) is 0. The van der Waals surface area contributed by atoms with Crippen LogP contribution in [-0.2, 0) is 44.9 Å². The zero-order valence-electron chi connectivity index (χ0n) is 57.0. The minimum Gasteiger partial charge on any atom is -0.504 e. The third-order valence-corrected chi connectivity index (χ3v) is 25.2. The Balaban J connectivity index is 0.000000112. The van der Waals surface area contributed by atoms with Gasteiger partial charge < -0.3 is 40.9 Å². The molecule has 12 heteroatoms. The maximum Gasteiger partial charge on any atom is 0.160 e. The molecule has 0 amide bonds. The van der Waals surface area contributed by atoms with E-state index in [1.54, 1.807) is 18.2 Å². The van der Waals surface area contributed by atoms with Gasteiger partial charge in [-0.15, -0.1) is 0 Å². The van der Waals surface area contributed by atoms with E-state index < -0.39 is 40.8 Å². The van der Waals surface area contributed by atoms with Crippen molar-refractivity contribution in [3.63, 3.8) is 0 Å². The Labute approximate surface area is 505 Å². The van der Waals surface area contributed by atoms with E-state index in [9.17, 15) is 60.0 Å². The number of Topliss-reactive ketones (excluding diaryl/α,β-unsaturated/α-hetero) is 4. The summed E-state index contributed by atoms with van der Waals surface area (Å²) in [6, 6.07) is 6.47. The molecule has 4 aromatic rings. The van der Waals surface area contributed by atoms with Crippen LogP contribution >= 0.6 is 0 Å². The smallest absolute Gasteiger partial charge is 0.160 e. The van der Waals surface area contributed by atoms with Crippen molar-refractivity contribution in [3.05, 3.63) is 92.9 Å². The van der Waals surface area contributed by atoms with Gasteiger partial charge in [0.05, 0.1) is 5.48 Å². The second kappa shape index (κ2) is 20.8. The molecule has 12 nitrogen and oxygen atoms in total. The number of fused-ring (bicyclic) bond motifs is 20. The number of ketones is 4. The van der Waals surface area contributed by atoms with Crippen LogP contribution in [0.5, 0.6) is 46.0 Å². The van der Waals surface area contributed by atoms with E-state index in [2.05, 4.69) is 13.8 Å². The quantitative estimate of drug-likeness (QED) is 0.0769. The highest BCUT2D eigenvalue weighted by Crippen LogP contribution is 2.65. The third kappa shape index (κ3) is 8.82.